The van der Waals surface area contributed by atoms with Crippen LogP contribution in [0.1, 0.15) is 31.0 Å². The molecule has 3 aromatic rings. The molecule has 0 fully saturated rings. The summed E-state index contributed by atoms with van der Waals surface area (Å²) in [6.07, 6.45) is 2.85. The summed E-state index contributed by atoms with van der Waals surface area (Å²) in [5.41, 5.74) is 3.05. The molecule has 0 aliphatic rings. The lowest BCUT2D eigenvalue weighted by atomic mass is 10.1. The minimum absolute atomic E-state index is 0.0671. The number of nitrogens with one attached hydrogen (secondary N) is 1. The van der Waals surface area contributed by atoms with Gasteiger partial charge in [-0.3, -0.25) is 9.89 Å². The van der Waals surface area contributed by atoms with E-state index in [9.17, 15) is 4.79 Å². The molecule has 0 aliphatic heterocycles. The number of hydrogen-bond donors (Lipinski definition) is 1. The molecular weight excluding hydrogens is 254 g/mol. The molecule has 0 spiro atoms. The highest BCUT2D eigenvalue weighted by Crippen LogP contribution is 2.17. The summed E-state index contributed by atoms with van der Waals surface area (Å²) < 4.78 is 7.02. The van der Waals surface area contributed by atoms with Crippen molar-refractivity contribution in [1.82, 2.24) is 14.8 Å². The first-order valence-corrected chi connectivity index (χ1v) is 6.87. The Balaban J connectivity index is 2.08. The average Bonchev–Trinajstić information content (AvgIpc) is 2.98. The van der Waals surface area contributed by atoms with Crippen LogP contribution in [0.2, 0.25) is 0 Å². The predicted octanol–water partition coefficient (Wildman–Crippen LogP) is 2.96. The van der Waals surface area contributed by atoms with Gasteiger partial charge in [0.15, 0.2) is 5.58 Å². The number of hydrogen-bond acceptors (Lipinski definition) is 3. The Labute approximate surface area is 116 Å². The Hall–Kier alpha value is -2.30. The van der Waals surface area contributed by atoms with Gasteiger partial charge in [0.25, 0.3) is 5.56 Å². The van der Waals surface area contributed by atoms with Crippen molar-refractivity contribution in [3.8, 4) is 6.01 Å². The minimum atomic E-state index is -0.0671. The Kier molecular flexibility index (Phi) is 3.18. The van der Waals surface area contributed by atoms with Crippen molar-refractivity contribution in [2.75, 3.05) is 0 Å². The Morgan fingerprint density at radius 1 is 1.35 bits per heavy atom. The number of aromatic amines is 1. The van der Waals surface area contributed by atoms with Crippen LogP contribution in [0.3, 0.4) is 0 Å². The number of fused-ring (bicyclic) bond motifs is 1. The predicted molar refractivity (Wildman–Crippen MR) is 77.3 cm³/mol. The number of oxazole rings is 1. The van der Waals surface area contributed by atoms with Gasteiger partial charge >= 0.3 is 6.01 Å². The topological polar surface area (TPSA) is 63.8 Å². The lowest BCUT2D eigenvalue weighted by Gasteiger charge is -1.93. The van der Waals surface area contributed by atoms with Crippen LogP contribution in [0.4, 0.5) is 0 Å². The number of benzene rings is 1. The number of rotatable bonds is 4. The van der Waals surface area contributed by atoms with E-state index in [1.165, 1.54) is 4.68 Å². The number of nitrogens with zero attached hydrogens (tertiary/aromatic N) is 2. The molecule has 0 bridgehead atoms. The third kappa shape index (κ3) is 2.05. The second kappa shape index (κ2) is 5.00. The van der Waals surface area contributed by atoms with Crippen LogP contribution in [-0.2, 0) is 6.42 Å². The minimum Gasteiger partial charge on any atom is -0.422 e. The first-order chi connectivity index (χ1) is 9.70. The molecule has 0 amide bonds. The standard InChI is InChI=1S/C15H17N3O2/c1-3-4-7-11-10(2)17-18(14(11)19)15-16-12-8-5-6-9-13(12)20-15/h5-6,8-9,17H,3-4,7H2,1-2H3. The van der Waals surface area contributed by atoms with E-state index in [-0.39, 0.29) is 5.56 Å². The molecule has 1 aromatic carbocycles. The van der Waals surface area contributed by atoms with Crippen LogP contribution in [0.15, 0.2) is 33.5 Å². The summed E-state index contributed by atoms with van der Waals surface area (Å²) in [5, 5.41) is 3.05. The van der Waals surface area contributed by atoms with Gasteiger partial charge in [-0.15, -0.1) is 0 Å². The van der Waals surface area contributed by atoms with Crippen LogP contribution in [-0.4, -0.2) is 14.8 Å². The van der Waals surface area contributed by atoms with E-state index in [4.69, 9.17) is 4.42 Å². The normalized spacial score (nSPS) is 11.3. The molecular formula is C15H17N3O2. The van der Waals surface area contributed by atoms with Gasteiger partial charge in [-0.1, -0.05) is 25.5 Å². The van der Waals surface area contributed by atoms with Crippen molar-refractivity contribution in [1.29, 1.82) is 0 Å². The highest BCUT2D eigenvalue weighted by atomic mass is 16.4. The third-order valence-electron chi connectivity index (χ3n) is 3.45. The molecule has 0 atom stereocenters. The quantitative estimate of drug-likeness (QED) is 0.793. The lowest BCUT2D eigenvalue weighted by Crippen LogP contribution is -2.17. The molecule has 0 aliphatic carbocycles. The lowest BCUT2D eigenvalue weighted by molar-refractivity contribution is 0.535. The number of H-pyrrole nitrogens is 1. The van der Waals surface area contributed by atoms with Crippen molar-refractivity contribution in [2.45, 2.75) is 33.1 Å². The monoisotopic (exact) mass is 271 g/mol. The molecule has 104 valence electrons. The smallest absolute Gasteiger partial charge is 0.325 e. The van der Waals surface area contributed by atoms with Gasteiger partial charge in [-0.25, -0.2) is 0 Å². The maximum Gasteiger partial charge on any atom is 0.325 e. The fourth-order valence-corrected chi connectivity index (χ4v) is 2.32. The summed E-state index contributed by atoms with van der Waals surface area (Å²) >= 11 is 0. The molecule has 3 rings (SSSR count). The van der Waals surface area contributed by atoms with Crippen LogP contribution >= 0.6 is 0 Å². The highest BCUT2D eigenvalue weighted by molar-refractivity contribution is 5.73. The van der Waals surface area contributed by atoms with Crippen LogP contribution in [0.5, 0.6) is 0 Å². The second-order valence-corrected chi connectivity index (χ2v) is 4.92. The van der Waals surface area contributed by atoms with E-state index >= 15 is 0 Å². The van der Waals surface area contributed by atoms with Gasteiger partial charge < -0.3 is 4.42 Å². The zero-order chi connectivity index (χ0) is 14.1. The van der Waals surface area contributed by atoms with Crippen LogP contribution in [0.25, 0.3) is 17.1 Å². The van der Waals surface area contributed by atoms with Gasteiger partial charge in [0.05, 0.1) is 0 Å². The Bertz CT molecular complexity index is 762. The van der Waals surface area contributed by atoms with Crippen LogP contribution in [0, 0.1) is 6.92 Å². The van der Waals surface area contributed by atoms with Crippen molar-refractivity contribution in [3.63, 3.8) is 0 Å². The van der Waals surface area contributed by atoms with E-state index in [0.717, 1.165) is 36.0 Å². The molecule has 0 unspecified atom stereocenters. The first-order valence-electron chi connectivity index (χ1n) is 6.87. The Morgan fingerprint density at radius 3 is 2.90 bits per heavy atom. The van der Waals surface area contributed by atoms with Gasteiger partial charge in [0.1, 0.15) is 5.52 Å². The van der Waals surface area contributed by atoms with Gasteiger partial charge in [-0.2, -0.15) is 9.67 Å². The molecule has 2 heterocycles. The zero-order valence-corrected chi connectivity index (χ0v) is 11.6. The molecule has 0 radical (unpaired) electrons. The molecule has 5 heteroatoms. The summed E-state index contributed by atoms with van der Waals surface area (Å²) in [5.74, 6) is 0. The van der Waals surface area contributed by atoms with E-state index in [0.29, 0.717) is 11.6 Å². The maximum absolute atomic E-state index is 12.4. The van der Waals surface area contributed by atoms with Crippen molar-refractivity contribution in [3.05, 3.63) is 45.9 Å². The number of para-hydroxylation sites is 2. The van der Waals surface area contributed by atoms with E-state index in [1.807, 2.05) is 31.2 Å². The fourth-order valence-electron chi connectivity index (χ4n) is 2.32. The van der Waals surface area contributed by atoms with Crippen molar-refractivity contribution >= 4 is 11.1 Å². The number of aryl methyl sites for hydroxylation is 1. The number of unbranched alkanes of at least 4 members (excludes halogenated alkanes) is 1. The molecule has 2 aromatic heterocycles. The van der Waals surface area contributed by atoms with Crippen molar-refractivity contribution in [2.24, 2.45) is 0 Å². The summed E-state index contributed by atoms with van der Waals surface area (Å²) in [7, 11) is 0. The fraction of sp³-hybridized carbons (Fsp3) is 0.333. The zero-order valence-electron chi connectivity index (χ0n) is 11.6. The van der Waals surface area contributed by atoms with E-state index in [2.05, 4.69) is 17.0 Å². The average molecular weight is 271 g/mol. The van der Waals surface area contributed by atoms with Gasteiger partial charge in [-0.05, 0) is 31.9 Å². The molecule has 0 saturated carbocycles. The Morgan fingerprint density at radius 2 is 2.15 bits per heavy atom. The van der Waals surface area contributed by atoms with Gasteiger partial charge in [0.2, 0.25) is 0 Å². The third-order valence-corrected chi connectivity index (χ3v) is 3.45. The highest BCUT2D eigenvalue weighted by Gasteiger charge is 2.15. The maximum atomic E-state index is 12.4. The van der Waals surface area contributed by atoms with Crippen molar-refractivity contribution < 1.29 is 4.42 Å². The molecule has 5 nitrogen and oxygen atoms in total. The molecule has 20 heavy (non-hydrogen) atoms. The molecule has 0 saturated heterocycles. The largest absolute Gasteiger partial charge is 0.422 e. The van der Waals surface area contributed by atoms with Gasteiger partial charge in [0, 0.05) is 11.3 Å². The number of aromatic nitrogens is 3. The summed E-state index contributed by atoms with van der Waals surface area (Å²) in [6, 6.07) is 7.77. The molecule has 1 N–H and O–H groups in total. The second-order valence-electron chi connectivity index (χ2n) is 4.92. The van der Waals surface area contributed by atoms with E-state index < -0.39 is 0 Å². The SMILES string of the molecule is CCCCc1c(C)[nH]n(-c2nc3ccccc3o2)c1=O. The summed E-state index contributed by atoms with van der Waals surface area (Å²) in [4.78, 5) is 16.7. The first kappa shape index (κ1) is 12.7. The summed E-state index contributed by atoms with van der Waals surface area (Å²) in [6.45, 7) is 4.02. The van der Waals surface area contributed by atoms with E-state index in [1.54, 1.807) is 0 Å². The van der Waals surface area contributed by atoms with Crippen LogP contribution < -0.4 is 5.56 Å².